The van der Waals surface area contributed by atoms with E-state index >= 15 is 0 Å². The molecular formula is C23H29N3O5. The van der Waals surface area contributed by atoms with Gasteiger partial charge in [0.15, 0.2) is 11.5 Å². The zero-order valence-corrected chi connectivity index (χ0v) is 18.4. The Hall–Kier alpha value is -3.26. The molecule has 1 amide bonds. The fourth-order valence-electron chi connectivity index (χ4n) is 3.34. The third-order valence-corrected chi connectivity index (χ3v) is 4.92. The van der Waals surface area contributed by atoms with E-state index in [1.54, 1.807) is 12.1 Å². The molecule has 2 aromatic carbocycles. The normalized spacial score (nSPS) is 16.0. The summed E-state index contributed by atoms with van der Waals surface area (Å²) >= 11 is 0. The van der Waals surface area contributed by atoms with E-state index in [1.165, 1.54) is 21.3 Å². The lowest BCUT2D eigenvalue weighted by Crippen LogP contribution is -2.36. The third kappa shape index (κ3) is 5.88. The Kier molecular flexibility index (Phi) is 7.72. The van der Waals surface area contributed by atoms with E-state index in [-0.39, 0.29) is 12.0 Å². The molecule has 166 valence electrons. The fourth-order valence-corrected chi connectivity index (χ4v) is 3.34. The Bertz CT molecular complexity index is 914. The van der Waals surface area contributed by atoms with Gasteiger partial charge in [-0.2, -0.15) is 0 Å². The molecule has 0 aromatic heterocycles. The number of hydrogen-bond acceptors (Lipinski definition) is 6. The van der Waals surface area contributed by atoms with Gasteiger partial charge in [-0.1, -0.05) is 12.1 Å². The summed E-state index contributed by atoms with van der Waals surface area (Å²) in [6.07, 6.45) is 2.05. The number of anilines is 1. The summed E-state index contributed by atoms with van der Waals surface area (Å²) in [6, 6.07) is 11.0. The van der Waals surface area contributed by atoms with Crippen molar-refractivity contribution in [2.24, 2.45) is 4.99 Å². The second-order valence-electron chi connectivity index (χ2n) is 7.19. The van der Waals surface area contributed by atoms with E-state index in [0.29, 0.717) is 35.3 Å². The average molecular weight is 428 g/mol. The number of nitrogens with one attached hydrogen (secondary N) is 2. The summed E-state index contributed by atoms with van der Waals surface area (Å²) in [5, 5.41) is 6.06. The summed E-state index contributed by atoms with van der Waals surface area (Å²) in [4.78, 5) is 17.6. The van der Waals surface area contributed by atoms with Gasteiger partial charge in [0.25, 0.3) is 5.91 Å². The van der Waals surface area contributed by atoms with E-state index in [2.05, 4.69) is 15.6 Å². The van der Waals surface area contributed by atoms with Crippen molar-refractivity contribution in [1.29, 1.82) is 0 Å². The molecule has 0 bridgehead atoms. The van der Waals surface area contributed by atoms with Crippen molar-refractivity contribution in [3.05, 3.63) is 47.5 Å². The lowest BCUT2D eigenvalue weighted by Gasteiger charge is -2.16. The molecule has 2 aromatic rings. The predicted octanol–water partition coefficient (Wildman–Crippen LogP) is 3.40. The quantitative estimate of drug-likeness (QED) is 0.520. The molecule has 3 rings (SSSR count). The van der Waals surface area contributed by atoms with Gasteiger partial charge in [-0.25, -0.2) is 4.99 Å². The number of carbonyl (C=O) groups excluding carboxylic acids is 1. The molecule has 0 spiro atoms. The van der Waals surface area contributed by atoms with Crippen LogP contribution in [0.5, 0.6) is 17.2 Å². The number of hydrogen-bond donors (Lipinski definition) is 2. The minimum atomic E-state index is -0.356. The highest BCUT2D eigenvalue weighted by Gasteiger charge is 2.19. The predicted molar refractivity (Wildman–Crippen MR) is 120 cm³/mol. The molecule has 1 fully saturated rings. The Morgan fingerprint density at radius 3 is 2.45 bits per heavy atom. The van der Waals surface area contributed by atoms with Gasteiger partial charge in [0.1, 0.15) is 0 Å². The number of guanidine groups is 1. The highest BCUT2D eigenvalue weighted by atomic mass is 16.5. The molecular weight excluding hydrogens is 398 g/mol. The van der Waals surface area contributed by atoms with Crippen LogP contribution in [0.15, 0.2) is 41.4 Å². The van der Waals surface area contributed by atoms with Crippen LogP contribution < -0.4 is 24.8 Å². The molecule has 0 aliphatic carbocycles. The minimum Gasteiger partial charge on any atom is -0.493 e. The standard InChI is InChI=1S/C23H29N3O5/c1-15-7-5-8-17(11-15)25-23(24-14-18-9-6-10-31-18)26-22(27)16-12-19(28-2)21(30-4)20(13-16)29-3/h5,7-8,11-13,18H,6,9-10,14H2,1-4H3,(H2,24,25,26,27). The van der Waals surface area contributed by atoms with Gasteiger partial charge in [0.05, 0.1) is 34.0 Å². The summed E-state index contributed by atoms with van der Waals surface area (Å²) in [7, 11) is 4.53. The van der Waals surface area contributed by atoms with E-state index in [1.807, 2.05) is 31.2 Å². The molecule has 8 nitrogen and oxygen atoms in total. The number of carbonyl (C=O) groups is 1. The second kappa shape index (κ2) is 10.7. The molecule has 0 saturated carbocycles. The number of aliphatic imine (C=N–C) groups is 1. The highest BCUT2D eigenvalue weighted by Crippen LogP contribution is 2.38. The van der Waals surface area contributed by atoms with Crippen LogP contribution in [0.1, 0.15) is 28.8 Å². The van der Waals surface area contributed by atoms with E-state index in [0.717, 1.165) is 30.7 Å². The number of nitrogens with zero attached hydrogens (tertiary/aromatic N) is 1. The van der Waals surface area contributed by atoms with E-state index in [4.69, 9.17) is 18.9 Å². The zero-order valence-electron chi connectivity index (χ0n) is 18.4. The van der Waals surface area contributed by atoms with Crippen molar-refractivity contribution < 1.29 is 23.7 Å². The topological polar surface area (TPSA) is 90.4 Å². The summed E-state index contributed by atoms with van der Waals surface area (Å²) in [5.41, 5.74) is 2.28. The van der Waals surface area contributed by atoms with Gasteiger partial charge < -0.3 is 24.3 Å². The van der Waals surface area contributed by atoms with Crippen LogP contribution in [0.3, 0.4) is 0 Å². The van der Waals surface area contributed by atoms with Crippen molar-refractivity contribution in [3.8, 4) is 17.2 Å². The van der Waals surface area contributed by atoms with Gasteiger partial charge in [-0.3, -0.25) is 10.1 Å². The van der Waals surface area contributed by atoms with Gasteiger partial charge in [-0.15, -0.1) is 0 Å². The maximum Gasteiger partial charge on any atom is 0.258 e. The van der Waals surface area contributed by atoms with E-state index < -0.39 is 0 Å². The molecule has 1 atom stereocenters. The van der Waals surface area contributed by atoms with Crippen LogP contribution in [-0.4, -0.2) is 52.5 Å². The van der Waals surface area contributed by atoms with Crippen LogP contribution in [0.25, 0.3) is 0 Å². The first-order valence-corrected chi connectivity index (χ1v) is 10.1. The number of amides is 1. The Balaban J connectivity index is 1.83. The number of methoxy groups -OCH3 is 3. The van der Waals surface area contributed by atoms with Crippen LogP contribution in [0, 0.1) is 6.92 Å². The zero-order chi connectivity index (χ0) is 22.2. The average Bonchev–Trinajstić information content (AvgIpc) is 3.30. The number of benzene rings is 2. The van der Waals surface area contributed by atoms with Crippen LogP contribution in [-0.2, 0) is 4.74 Å². The molecule has 1 aliphatic rings. The van der Waals surface area contributed by atoms with Crippen LogP contribution in [0.4, 0.5) is 5.69 Å². The Labute approximate surface area is 182 Å². The molecule has 1 unspecified atom stereocenters. The maximum absolute atomic E-state index is 13.0. The molecule has 1 aliphatic heterocycles. The summed E-state index contributed by atoms with van der Waals surface area (Å²) < 4.78 is 21.7. The van der Waals surface area contributed by atoms with Gasteiger partial charge in [0, 0.05) is 17.9 Å². The Morgan fingerprint density at radius 1 is 1.13 bits per heavy atom. The molecule has 2 N–H and O–H groups in total. The maximum atomic E-state index is 13.0. The number of aryl methyl sites for hydroxylation is 1. The molecule has 0 radical (unpaired) electrons. The molecule has 8 heteroatoms. The van der Waals surface area contributed by atoms with Crippen molar-refractivity contribution in [1.82, 2.24) is 5.32 Å². The first-order chi connectivity index (χ1) is 15.0. The number of rotatable bonds is 7. The van der Waals surface area contributed by atoms with Crippen LogP contribution >= 0.6 is 0 Å². The van der Waals surface area contributed by atoms with Crippen molar-refractivity contribution in [2.75, 3.05) is 39.8 Å². The largest absolute Gasteiger partial charge is 0.493 e. The SMILES string of the molecule is COc1cc(C(=O)NC(=NCC2CCCO2)Nc2cccc(C)c2)cc(OC)c1OC. The lowest BCUT2D eigenvalue weighted by molar-refractivity contribution is 0.0974. The summed E-state index contributed by atoms with van der Waals surface area (Å²) in [6.45, 7) is 3.21. The molecule has 31 heavy (non-hydrogen) atoms. The van der Waals surface area contributed by atoms with Gasteiger partial charge >= 0.3 is 0 Å². The van der Waals surface area contributed by atoms with Gasteiger partial charge in [0.2, 0.25) is 11.7 Å². The van der Waals surface area contributed by atoms with Crippen LogP contribution in [0.2, 0.25) is 0 Å². The lowest BCUT2D eigenvalue weighted by atomic mass is 10.1. The first kappa shape index (κ1) is 22.4. The second-order valence-corrected chi connectivity index (χ2v) is 7.19. The Morgan fingerprint density at radius 2 is 1.87 bits per heavy atom. The third-order valence-electron chi connectivity index (χ3n) is 4.92. The first-order valence-electron chi connectivity index (χ1n) is 10.1. The van der Waals surface area contributed by atoms with Crippen molar-refractivity contribution >= 4 is 17.6 Å². The molecule has 1 saturated heterocycles. The van der Waals surface area contributed by atoms with E-state index in [9.17, 15) is 4.79 Å². The monoisotopic (exact) mass is 427 g/mol. The smallest absolute Gasteiger partial charge is 0.258 e. The van der Waals surface area contributed by atoms with Gasteiger partial charge in [-0.05, 0) is 49.6 Å². The number of ether oxygens (including phenoxy) is 4. The minimum absolute atomic E-state index is 0.0624. The highest BCUT2D eigenvalue weighted by molar-refractivity contribution is 6.10. The fraction of sp³-hybridized carbons (Fsp3) is 0.391. The summed E-state index contributed by atoms with van der Waals surface area (Å²) in [5.74, 6) is 1.21. The van der Waals surface area contributed by atoms with Crippen molar-refractivity contribution in [2.45, 2.75) is 25.9 Å². The van der Waals surface area contributed by atoms with Crippen molar-refractivity contribution in [3.63, 3.8) is 0 Å². The molecule has 1 heterocycles.